The van der Waals surface area contributed by atoms with E-state index in [1.165, 1.54) is 25.7 Å². The smallest absolute Gasteiger partial charge is 0.169 e. The number of rotatable bonds is 0. The molecule has 5 fully saturated rings. The quantitative estimate of drug-likeness (QED) is 0.636. The molecule has 3 nitrogen and oxygen atoms in total. The van der Waals surface area contributed by atoms with E-state index in [1.54, 1.807) is 0 Å². The zero-order valence-corrected chi connectivity index (χ0v) is 16.2. The van der Waals surface area contributed by atoms with Gasteiger partial charge in [-0.05, 0) is 67.1 Å². The van der Waals surface area contributed by atoms with Crippen LogP contribution in [0.25, 0.3) is 0 Å². The zero-order chi connectivity index (χ0) is 17.5. The maximum absolute atomic E-state index is 12.6. The molecule has 1 heterocycles. The van der Waals surface area contributed by atoms with Gasteiger partial charge in [-0.3, -0.25) is 4.79 Å². The van der Waals surface area contributed by atoms with Gasteiger partial charge in [0.2, 0.25) is 0 Å². The van der Waals surface area contributed by atoms with E-state index in [9.17, 15) is 4.79 Å². The molecule has 140 valence electrons. The molecule has 0 unspecified atom stereocenters. The molecule has 5 aliphatic rings. The van der Waals surface area contributed by atoms with Gasteiger partial charge in [0.25, 0.3) is 0 Å². The fourth-order valence-electron chi connectivity index (χ4n) is 8.12. The van der Waals surface area contributed by atoms with Crippen LogP contribution >= 0.6 is 0 Å². The number of hydrogen-bond donors (Lipinski definition) is 0. The molecule has 0 amide bonds. The number of hydrogen-bond acceptors (Lipinski definition) is 3. The maximum Gasteiger partial charge on any atom is 0.169 e. The number of carbonyl (C=O) groups excluding carboxylic acids is 1. The molecular formula is C22H34O3. The predicted octanol–water partition coefficient (Wildman–Crippen LogP) is 4.73. The Morgan fingerprint density at radius 3 is 2.40 bits per heavy atom. The van der Waals surface area contributed by atoms with E-state index in [4.69, 9.17) is 9.47 Å². The van der Waals surface area contributed by atoms with E-state index in [0.717, 1.165) is 57.2 Å². The normalized spacial score (nSPS) is 54.2. The first-order valence-electron chi connectivity index (χ1n) is 10.6. The van der Waals surface area contributed by atoms with Gasteiger partial charge in [0, 0.05) is 24.7 Å². The summed E-state index contributed by atoms with van der Waals surface area (Å²) in [6, 6.07) is 0. The average molecular weight is 347 g/mol. The van der Waals surface area contributed by atoms with E-state index in [0.29, 0.717) is 22.5 Å². The SMILES string of the molecule is C[C@@]12CC[C@H]3[C@@H]4CCC(=O)[C@]4(C)CC[C@@H]3[C@]1(C)CCC1(C2)OCCO1. The van der Waals surface area contributed by atoms with Crippen LogP contribution in [0.5, 0.6) is 0 Å². The highest BCUT2D eigenvalue weighted by Gasteiger charge is 2.65. The van der Waals surface area contributed by atoms with Gasteiger partial charge in [-0.1, -0.05) is 20.8 Å². The van der Waals surface area contributed by atoms with Crippen molar-refractivity contribution in [1.29, 1.82) is 0 Å². The second-order valence-corrected chi connectivity index (χ2v) is 10.6. The fourth-order valence-corrected chi connectivity index (χ4v) is 8.12. The second-order valence-electron chi connectivity index (χ2n) is 10.6. The van der Waals surface area contributed by atoms with E-state index in [-0.39, 0.29) is 11.2 Å². The summed E-state index contributed by atoms with van der Waals surface area (Å²) in [4.78, 5) is 12.6. The van der Waals surface area contributed by atoms with Crippen molar-refractivity contribution in [2.75, 3.05) is 13.2 Å². The molecule has 6 atom stereocenters. The summed E-state index contributed by atoms with van der Waals surface area (Å²) in [6.07, 6.45) is 10.3. The molecule has 0 aromatic carbocycles. The number of carbonyl (C=O) groups is 1. The number of Topliss-reactive ketones (excluding diaryl/α,β-unsaturated/α-hetero) is 1. The third-order valence-corrected chi connectivity index (χ3v) is 9.87. The molecule has 0 radical (unpaired) electrons. The lowest BCUT2D eigenvalue weighted by Gasteiger charge is -2.65. The summed E-state index contributed by atoms with van der Waals surface area (Å²) in [7, 11) is 0. The molecule has 0 bridgehead atoms. The zero-order valence-electron chi connectivity index (χ0n) is 16.2. The molecular weight excluding hydrogens is 312 g/mol. The van der Waals surface area contributed by atoms with Crippen molar-refractivity contribution in [3.05, 3.63) is 0 Å². The van der Waals surface area contributed by atoms with Crippen molar-refractivity contribution >= 4 is 5.78 Å². The highest BCUT2D eigenvalue weighted by molar-refractivity contribution is 5.87. The van der Waals surface area contributed by atoms with E-state index in [1.807, 2.05) is 0 Å². The Bertz CT molecular complexity index is 594. The third-order valence-electron chi connectivity index (χ3n) is 9.87. The Balaban J connectivity index is 1.46. The third kappa shape index (κ3) is 2.03. The molecule has 0 aromatic heterocycles. The van der Waals surface area contributed by atoms with E-state index >= 15 is 0 Å². The molecule has 1 aliphatic heterocycles. The fraction of sp³-hybridized carbons (Fsp3) is 0.955. The van der Waals surface area contributed by atoms with Crippen LogP contribution in [0, 0.1) is 34.0 Å². The highest BCUT2D eigenvalue weighted by atomic mass is 16.7. The molecule has 0 aromatic rings. The van der Waals surface area contributed by atoms with Crippen molar-refractivity contribution in [3.8, 4) is 0 Å². The molecule has 4 aliphatic carbocycles. The van der Waals surface area contributed by atoms with Crippen LogP contribution < -0.4 is 0 Å². The van der Waals surface area contributed by atoms with Crippen LogP contribution in [0.1, 0.15) is 78.6 Å². The highest BCUT2D eigenvalue weighted by Crippen LogP contribution is 2.70. The van der Waals surface area contributed by atoms with Gasteiger partial charge in [-0.2, -0.15) is 0 Å². The van der Waals surface area contributed by atoms with Gasteiger partial charge in [-0.15, -0.1) is 0 Å². The van der Waals surface area contributed by atoms with Gasteiger partial charge < -0.3 is 9.47 Å². The maximum atomic E-state index is 12.6. The number of ketones is 1. The lowest BCUT2D eigenvalue weighted by molar-refractivity contribution is -0.256. The van der Waals surface area contributed by atoms with Crippen molar-refractivity contribution in [2.45, 2.75) is 84.3 Å². The standard InChI is InChI=1S/C22H34O3/c1-19-8-6-15-16-4-5-18(23)20(16,2)9-7-17(15)21(19,3)10-11-22(14-19)24-12-13-25-22/h15-17H,4-14H2,1-3H3/t15-,16-,17-,19-,20+,21-/m0/s1. The number of fused-ring (bicyclic) bond motifs is 5. The molecule has 4 saturated carbocycles. The summed E-state index contributed by atoms with van der Waals surface area (Å²) < 4.78 is 12.2. The molecule has 1 saturated heterocycles. The Kier molecular flexibility index (Phi) is 3.41. The Morgan fingerprint density at radius 1 is 0.880 bits per heavy atom. The van der Waals surface area contributed by atoms with Gasteiger partial charge in [-0.25, -0.2) is 0 Å². The molecule has 25 heavy (non-hydrogen) atoms. The lowest BCUT2D eigenvalue weighted by atomic mass is 9.40. The number of ether oxygens (including phenoxy) is 2. The van der Waals surface area contributed by atoms with Gasteiger partial charge in [0.1, 0.15) is 5.78 Å². The minimum absolute atomic E-state index is 0.00116. The minimum atomic E-state index is -0.284. The topological polar surface area (TPSA) is 35.5 Å². The Morgan fingerprint density at radius 2 is 1.64 bits per heavy atom. The van der Waals surface area contributed by atoms with Crippen molar-refractivity contribution < 1.29 is 14.3 Å². The lowest BCUT2D eigenvalue weighted by Crippen LogP contribution is -2.60. The van der Waals surface area contributed by atoms with Crippen LogP contribution in [-0.2, 0) is 14.3 Å². The van der Waals surface area contributed by atoms with Gasteiger partial charge in [0.15, 0.2) is 5.79 Å². The summed E-state index contributed by atoms with van der Waals surface area (Å²) in [5.41, 5.74) is 0.690. The molecule has 1 spiro atoms. The van der Waals surface area contributed by atoms with Crippen LogP contribution in [0.3, 0.4) is 0 Å². The second kappa shape index (κ2) is 5.10. The molecule has 5 rings (SSSR count). The van der Waals surface area contributed by atoms with Gasteiger partial charge >= 0.3 is 0 Å². The van der Waals surface area contributed by atoms with E-state index in [2.05, 4.69) is 20.8 Å². The summed E-state index contributed by atoms with van der Waals surface area (Å²) >= 11 is 0. The van der Waals surface area contributed by atoms with Crippen molar-refractivity contribution in [2.24, 2.45) is 34.0 Å². The summed E-state index contributed by atoms with van der Waals surface area (Å²) in [6.45, 7) is 8.91. The monoisotopic (exact) mass is 346 g/mol. The Hall–Kier alpha value is -0.410. The predicted molar refractivity (Wildman–Crippen MR) is 96.0 cm³/mol. The van der Waals surface area contributed by atoms with Gasteiger partial charge in [0.05, 0.1) is 13.2 Å². The largest absolute Gasteiger partial charge is 0.348 e. The summed E-state index contributed by atoms with van der Waals surface area (Å²) in [5, 5.41) is 0. The van der Waals surface area contributed by atoms with Crippen LogP contribution in [-0.4, -0.2) is 24.8 Å². The molecule has 3 heteroatoms. The summed E-state index contributed by atoms with van der Waals surface area (Å²) in [5.74, 6) is 2.48. The average Bonchev–Trinajstić information content (AvgIpc) is 3.14. The Labute approximate surface area is 152 Å². The first-order chi connectivity index (χ1) is 11.8. The first-order valence-corrected chi connectivity index (χ1v) is 10.6. The minimum Gasteiger partial charge on any atom is -0.348 e. The van der Waals surface area contributed by atoms with Crippen LogP contribution in [0.2, 0.25) is 0 Å². The van der Waals surface area contributed by atoms with Crippen molar-refractivity contribution in [1.82, 2.24) is 0 Å². The van der Waals surface area contributed by atoms with Crippen LogP contribution in [0.4, 0.5) is 0 Å². The van der Waals surface area contributed by atoms with Crippen LogP contribution in [0.15, 0.2) is 0 Å². The van der Waals surface area contributed by atoms with E-state index < -0.39 is 0 Å². The first kappa shape index (κ1) is 16.7. The van der Waals surface area contributed by atoms with Crippen molar-refractivity contribution in [3.63, 3.8) is 0 Å². The molecule has 0 N–H and O–H groups in total.